The fourth-order valence-electron chi connectivity index (χ4n) is 2.84. The Morgan fingerprint density at radius 3 is 2.50 bits per heavy atom. The molecule has 0 aliphatic carbocycles. The van der Waals surface area contributed by atoms with Crippen LogP contribution >= 0.6 is 0 Å². The number of methoxy groups -OCH3 is 2. The van der Waals surface area contributed by atoms with Crippen molar-refractivity contribution < 1.29 is 9.47 Å². The number of hydrogen-bond acceptors (Lipinski definition) is 3. The summed E-state index contributed by atoms with van der Waals surface area (Å²) in [5, 5.41) is 3.55. The van der Waals surface area contributed by atoms with Crippen LogP contribution < -0.4 is 14.8 Å². The monoisotopic (exact) mass is 249 g/mol. The highest BCUT2D eigenvalue weighted by Gasteiger charge is 2.19. The van der Waals surface area contributed by atoms with Crippen molar-refractivity contribution >= 4 is 0 Å². The van der Waals surface area contributed by atoms with Crippen LogP contribution in [0.15, 0.2) is 6.07 Å². The topological polar surface area (TPSA) is 30.5 Å². The molecule has 3 nitrogen and oxygen atoms in total. The molecule has 0 bridgehead atoms. The number of aryl methyl sites for hydroxylation is 1. The van der Waals surface area contributed by atoms with Gasteiger partial charge in [0, 0.05) is 6.04 Å². The third kappa shape index (κ3) is 2.46. The van der Waals surface area contributed by atoms with Crippen molar-refractivity contribution in [2.45, 2.75) is 39.2 Å². The van der Waals surface area contributed by atoms with Gasteiger partial charge in [0.25, 0.3) is 0 Å². The summed E-state index contributed by atoms with van der Waals surface area (Å²) in [5.41, 5.74) is 3.71. The molecule has 1 unspecified atom stereocenters. The van der Waals surface area contributed by atoms with Crippen LogP contribution in [0.2, 0.25) is 0 Å². The predicted octanol–water partition coefficient (Wildman–Crippen LogP) is 2.62. The van der Waals surface area contributed by atoms with Gasteiger partial charge in [0.1, 0.15) is 0 Å². The first-order chi connectivity index (χ1) is 8.67. The van der Waals surface area contributed by atoms with Crippen LogP contribution in [0, 0.1) is 13.8 Å². The highest BCUT2D eigenvalue weighted by Crippen LogP contribution is 2.37. The Hall–Kier alpha value is -1.22. The van der Waals surface area contributed by atoms with Crippen LogP contribution in [0.25, 0.3) is 0 Å². The molecule has 3 heteroatoms. The van der Waals surface area contributed by atoms with E-state index >= 15 is 0 Å². The molecule has 18 heavy (non-hydrogen) atoms. The fraction of sp³-hybridized carbons (Fsp3) is 0.600. The smallest absolute Gasteiger partial charge is 0.164 e. The zero-order valence-electron chi connectivity index (χ0n) is 11.8. The molecule has 0 spiro atoms. The molecule has 0 saturated carbocycles. The summed E-state index contributed by atoms with van der Waals surface area (Å²) >= 11 is 0. The number of rotatable bonds is 4. The lowest BCUT2D eigenvalue weighted by Crippen LogP contribution is -2.24. The van der Waals surface area contributed by atoms with E-state index in [0.717, 1.165) is 30.0 Å². The third-order valence-corrected chi connectivity index (χ3v) is 3.81. The van der Waals surface area contributed by atoms with Gasteiger partial charge in [-0.3, -0.25) is 0 Å². The molecule has 1 aliphatic rings. The van der Waals surface area contributed by atoms with Gasteiger partial charge in [-0.05, 0) is 56.3 Å². The minimum absolute atomic E-state index is 0.612. The second-order valence-electron chi connectivity index (χ2n) is 5.04. The second kappa shape index (κ2) is 5.61. The number of ether oxygens (including phenoxy) is 2. The van der Waals surface area contributed by atoms with Crippen molar-refractivity contribution in [2.75, 3.05) is 20.8 Å². The molecule has 0 aromatic heterocycles. The lowest BCUT2D eigenvalue weighted by molar-refractivity contribution is 0.350. The Morgan fingerprint density at radius 1 is 1.22 bits per heavy atom. The number of benzene rings is 1. The van der Waals surface area contributed by atoms with Crippen molar-refractivity contribution in [1.29, 1.82) is 0 Å². The van der Waals surface area contributed by atoms with Gasteiger partial charge in [-0.15, -0.1) is 0 Å². The quantitative estimate of drug-likeness (QED) is 0.889. The average Bonchev–Trinajstić information content (AvgIpc) is 2.85. The normalized spacial score (nSPS) is 19.0. The van der Waals surface area contributed by atoms with Gasteiger partial charge < -0.3 is 14.8 Å². The molecular formula is C15H23NO2. The summed E-state index contributed by atoms with van der Waals surface area (Å²) in [6.45, 7) is 5.34. The molecule has 1 heterocycles. The predicted molar refractivity (Wildman–Crippen MR) is 73.7 cm³/mol. The lowest BCUT2D eigenvalue weighted by Gasteiger charge is -2.19. The maximum Gasteiger partial charge on any atom is 0.164 e. The lowest BCUT2D eigenvalue weighted by atomic mass is 9.96. The van der Waals surface area contributed by atoms with Crippen molar-refractivity contribution in [3.05, 3.63) is 22.8 Å². The van der Waals surface area contributed by atoms with E-state index < -0.39 is 0 Å². The zero-order valence-corrected chi connectivity index (χ0v) is 11.8. The van der Waals surface area contributed by atoms with Gasteiger partial charge in [-0.25, -0.2) is 0 Å². The van der Waals surface area contributed by atoms with Gasteiger partial charge in [0.05, 0.1) is 14.2 Å². The van der Waals surface area contributed by atoms with Crippen LogP contribution in [-0.2, 0) is 6.42 Å². The molecule has 1 atom stereocenters. The van der Waals surface area contributed by atoms with Crippen LogP contribution in [0.1, 0.15) is 29.5 Å². The molecule has 0 radical (unpaired) electrons. The minimum atomic E-state index is 0.612. The average molecular weight is 249 g/mol. The molecule has 2 rings (SSSR count). The van der Waals surface area contributed by atoms with E-state index in [9.17, 15) is 0 Å². The maximum atomic E-state index is 5.51. The Kier molecular flexibility index (Phi) is 4.12. The van der Waals surface area contributed by atoms with E-state index in [1.54, 1.807) is 14.2 Å². The van der Waals surface area contributed by atoms with Crippen LogP contribution in [0.4, 0.5) is 0 Å². The van der Waals surface area contributed by atoms with Crippen molar-refractivity contribution in [3.8, 4) is 11.5 Å². The molecule has 0 amide bonds. The van der Waals surface area contributed by atoms with Gasteiger partial charge in [-0.2, -0.15) is 0 Å². The van der Waals surface area contributed by atoms with E-state index in [1.807, 2.05) is 0 Å². The zero-order chi connectivity index (χ0) is 13.1. The summed E-state index contributed by atoms with van der Waals surface area (Å²) in [4.78, 5) is 0. The standard InChI is InChI=1S/C15H23NO2/c1-10-8-12(9-13-6-5-7-16-13)11(2)15(18-4)14(10)17-3/h8,13,16H,5-7,9H2,1-4H3. The highest BCUT2D eigenvalue weighted by atomic mass is 16.5. The Balaban J connectivity index is 2.32. The van der Waals surface area contributed by atoms with Gasteiger partial charge in [-0.1, -0.05) is 6.07 Å². The van der Waals surface area contributed by atoms with Crippen molar-refractivity contribution in [2.24, 2.45) is 0 Å². The Labute approximate surface area is 109 Å². The summed E-state index contributed by atoms with van der Waals surface area (Å²) in [6, 6.07) is 2.85. The summed E-state index contributed by atoms with van der Waals surface area (Å²) < 4.78 is 10.9. The highest BCUT2D eigenvalue weighted by molar-refractivity contribution is 5.54. The second-order valence-corrected chi connectivity index (χ2v) is 5.04. The van der Waals surface area contributed by atoms with Gasteiger partial charge in [0.15, 0.2) is 11.5 Å². The van der Waals surface area contributed by atoms with E-state index in [4.69, 9.17) is 9.47 Å². The maximum absolute atomic E-state index is 5.51. The first kappa shape index (κ1) is 13.2. The Morgan fingerprint density at radius 2 is 1.94 bits per heavy atom. The molecule has 1 aromatic rings. The minimum Gasteiger partial charge on any atom is -0.493 e. The molecule has 1 saturated heterocycles. The van der Waals surface area contributed by atoms with E-state index in [0.29, 0.717) is 6.04 Å². The third-order valence-electron chi connectivity index (χ3n) is 3.81. The first-order valence-electron chi connectivity index (χ1n) is 6.61. The van der Waals surface area contributed by atoms with Gasteiger partial charge >= 0.3 is 0 Å². The molecule has 1 aliphatic heterocycles. The molecule has 1 N–H and O–H groups in total. The summed E-state index contributed by atoms with van der Waals surface area (Å²) in [7, 11) is 3.41. The summed E-state index contributed by atoms with van der Waals surface area (Å²) in [5.74, 6) is 1.74. The van der Waals surface area contributed by atoms with Crippen LogP contribution in [-0.4, -0.2) is 26.8 Å². The van der Waals surface area contributed by atoms with Crippen molar-refractivity contribution in [3.63, 3.8) is 0 Å². The SMILES string of the molecule is COc1c(C)cc(CC2CCCN2)c(C)c1OC. The fourth-order valence-corrected chi connectivity index (χ4v) is 2.84. The number of nitrogens with one attached hydrogen (secondary N) is 1. The van der Waals surface area contributed by atoms with Crippen LogP contribution in [0.3, 0.4) is 0 Å². The van der Waals surface area contributed by atoms with Gasteiger partial charge in [0.2, 0.25) is 0 Å². The number of hydrogen-bond donors (Lipinski definition) is 1. The molecule has 1 fully saturated rings. The molecule has 1 aromatic carbocycles. The Bertz CT molecular complexity index is 423. The molecular weight excluding hydrogens is 226 g/mol. The first-order valence-corrected chi connectivity index (χ1v) is 6.61. The van der Waals surface area contributed by atoms with E-state index in [-0.39, 0.29) is 0 Å². The van der Waals surface area contributed by atoms with E-state index in [2.05, 4.69) is 25.2 Å². The molecule has 100 valence electrons. The largest absolute Gasteiger partial charge is 0.493 e. The van der Waals surface area contributed by atoms with Crippen LogP contribution in [0.5, 0.6) is 11.5 Å². The van der Waals surface area contributed by atoms with Crippen molar-refractivity contribution in [1.82, 2.24) is 5.32 Å². The summed E-state index contributed by atoms with van der Waals surface area (Å²) in [6.07, 6.45) is 3.63. The van der Waals surface area contributed by atoms with E-state index in [1.165, 1.54) is 24.0 Å².